The van der Waals surface area contributed by atoms with Crippen molar-refractivity contribution in [3.8, 4) is 11.5 Å². The van der Waals surface area contributed by atoms with Crippen LogP contribution >= 0.6 is 22.7 Å². The fourth-order valence-corrected chi connectivity index (χ4v) is 4.82. The highest BCUT2D eigenvalue weighted by molar-refractivity contribution is 7.16. The predicted molar refractivity (Wildman–Crippen MR) is 112 cm³/mol. The number of aryl methyl sites for hydroxylation is 1. The number of hydrogen-bond donors (Lipinski definition) is 2. The molecular weight excluding hydrogens is 396 g/mol. The van der Waals surface area contributed by atoms with Crippen molar-refractivity contribution >= 4 is 48.6 Å². The van der Waals surface area contributed by atoms with E-state index in [0.717, 1.165) is 28.1 Å². The number of benzene rings is 2. The molecule has 5 nitrogen and oxygen atoms in total. The van der Waals surface area contributed by atoms with Crippen molar-refractivity contribution in [2.75, 3.05) is 0 Å². The van der Waals surface area contributed by atoms with Crippen LogP contribution in [0.25, 0.3) is 20.2 Å². The molecule has 0 atom stereocenters. The van der Waals surface area contributed by atoms with Gasteiger partial charge in [-0.3, -0.25) is 14.4 Å². The quantitative estimate of drug-likeness (QED) is 0.495. The largest absolute Gasteiger partial charge is 0.508 e. The highest BCUT2D eigenvalue weighted by Crippen LogP contribution is 2.24. The summed E-state index contributed by atoms with van der Waals surface area (Å²) in [5.41, 5.74) is 0.614. The number of hydrogen-bond acceptors (Lipinski definition) is 7. The van der Waals surface area contributed by atoms with E-state index in [-0.39, 0.29) is 45.2 Å². The summed E-state index contributed by atoms with van der Waals surface area (Å²) in [5.74, 6) is -0.151. The third-order valence-electron chi connectivity index (χ3n) is 4.43. The summed E-state index contributed by atoms with van der Waals surface area (Å²) in [5, 5.41) is 20.6. The average molecular weight is 410 g/mol. The number of aromatic hydroxyl groups is 2. The van der Waals surface area contributed by atoms with Gasteiger partial charge >= 0.3 is 0 Å². The number of phenols is 2. The SMILES string of the molecule is O=C(CCc1cc2ccc(O)cc2sc1=O)c1cc2ccc(O)cc2sc1=O. The maximum atomic E-state index is 12.6. The Labute approximate surface area is 166 Å². The van der Waals surface area contributed by atoms with Crippen molar-refractivity contribution in [3.63, 3.8) is 0 Å². The molecule has 2 N–H and O–H groups in total. The topological polar surface area (TPSA) is 91.7 Å². The Kier molecular flexibility index (Phi) is 4.70. The van der Waals surface area contributed by atoms with Crippen molar-refractivity contribution < 1.29 is 15.0 Å². The van der Waals surface area contributed by atoms with Crippen LogP contribution in [-0.2, 0) is 6.42 Å². The number of fused-ring (bicyclic) bond motifs is 2. The van der Waals surface area contributed by atoms with E-state index in [1.54, 1.807) is 30.3 Å². The summed E-state index contributed by atoms with van der Waals surface area (Å²) in [6.45, 7) is 0. The Hall–Kier alpha value is -3.03. The van der Waals surface area contributed by atoms with Crippen LogP contribution < -0.4 is 9.48 Å². The van der Waals surface area contributed by atoms with Gasteiger partial charge in [0, 0.05) is 21.4 Å². The summed E-state index contributed by atoms with van der Waals surface area (Å²) in [7, 11) is 0. The van der Waals surface area contributed by atoms with Gasteiger partial charge in [-0.05, 0) is 65.7 Å². The van der Waals surface area contributed by atoms with Crippen molar-refractivity contribution in [3.05, 3.63) is 78.7 Å². The maximum absolute atomic E-state index is 12.6. The lowest BCUT2D eigenvalue weighted by atomic mass is 10.0. The van der Waals surface area contributed by atoms with Crippen LogP contribution in [0.2, 0.25) is 0 Å². The van der Waals surface area contributed by atoms with Crippen LogP contribution in [-0.4, -0.2) is 16.0 Å². The van der Waals surface area contributed by atoms with E-state index in [1.165, 1.54) is 18.2 Å². The highest BCUT2D eigenvalue weighted by atomic mass is 32.1. The molecule has 0 saturated heterocycles. The molecule has 0 unspecified atom stereocenters. The number of carbonyl (C=O) groups is 1. The summed E-state index contributed by atoms with van der Waals surface area (Å²) in [6, 6.07) is 12.7. The van der Waals surface area contributed by atoms with Gasteiger partial charge in [-0.2, -0.15) is 0 Å². The molecule has 0 fully saturated rings. The van der Waals surface area contributed by atoms with Gasteiger partial charge in [0.1, 0.15) is 11.5 Å². The lowest BCUT2D eigenvalue weighted by Gasteiger charge is -2.04. The number of phenolic OH excluding ortho intramolecular Hbond substituents is 2. The van der Waals surface area contributed by atoms with Gasteiger partial charge in [0.25, 0.3) is 0 Å². The minimum Gasteiger partial charge on any atom is -0.508 e. The maximum Gasteiger partial charge on any atom is 0.243 e. The number of rotatable bonds is 4. The van der Waals surface area contributed by atoms with E-state index >= 15 is 0 Å². The minimum absolute atomic E-state index is 0.0527. The first-order valence-electron chi connectivity index (χ1n) is 8.46. The number of ketones is 1. The molecule has 0 aliphatic carbocycles. The zero-order chi connectivity index (χ0) is 19.8. The molecule has 0 radical (unpaired) electrons. The van der Waals surface area contributed by atoms with Crippen LogP contribution in [0.15, 0.2) is 58.1 Å². The molecule has 0 saturated carbocycles. The van der Waals surface area contributed by atoms with Gasteiger partial charge in [-0.15, -0.1) is 0 Å². The first-order chi connectivity index (χ1) is 13.4. The lowest BCUT2D eigenvalue weighted by Crippen LogP contribution is -2.14. The highest BCUT2D eigenvalue weighted by Gasteiger charge is 2.14. The first kappa shape index (κ1) is 18.3. The molecule has 0 bridgehead atoms. The van der Waals surface area contributed by atoms with Crippen LogP contribution in [0.5, 0.6) is 11.5 Å². The van der Waals surface area contributed by atoms with Crippen LogP contribution in [0.3, 0.4) is 0 Å². The fraction of sp³-hybridized carbons (Fsp3) is 0.0952. The third kappa shape index (κ3) is 3.54. The van der Waals surface area contributed by atoms with E-state index in [2.05, 4.69) is 0 Å². The Bertz CT molecular complexity index is 1350. The predicted octanol–water partition coefficient (Wildman–Crippen LogP) is 4.06. The molecule has 7 heteroatoms. The zero-order valence-electron chi connectivity index (χ0n) is 14.5. The standard InChI is InChI=1S/C21H14O5S2/c22-14-4-1-11-7-13(20(25)27-18(11)9-14)3-6-17(24)16-8-12-2-5-15(23)10-19(12)28-21(16)26/h1-2,4-5,7-10,22-23H,3,6H2. The van der Waals surface area contributed by atoms with Crippen molar-refractivity contribution in [2.24, 2.45) is 0 Å². The van der Waals surface area contributed by atoms with Crippen molar-refractivity contribution in [1.82, 2.24) is 0 Å². The Morgan fingerprint density at radius 3 is 2.00 bits per heavy atom. The van der Waals surface area contributed by atoms with Gasteiger partial charge < -0.3 is 10.2 Å². The summed E-state index contributed by atoms with van der Waals surface area (Å²) in [6.07, 6.45) is 0.291. The summed E-state index contributed by atoms with van der Waals surface area (Å²) >= 11 is 1.95. The van der Waals surface area contributed by atoms with Crippen LogP contribution in [0.4, 0.5) is 0 Å². The van der Waals surface area contributed by atoms with E-state index in [9.17, 15) is 24.6 Å². The molecule has 2 heterocycles. The Balaban J connectivity index is 1.61. The first-order valence-corrected chi connectivity index (χ1v) is 10.1. The number of Topliss-reactive ketones (excluding diaryl/α,β-unsaturated/α-hetero) is 1. The normalized spacial score (nSPS) is 11.1. The second kappa shape index (κ2) is 7.18. The van der Waals surface area contributed by atoms with Crippen molar-refractivity contribution in [1.29, 1.82) is 0 Å². The van der Waals surface area contributed by atoms with E-state index in [0.29, 0.717) is 20.3 Å². The van der Waals surface area contributed by atoms with Gasteiger partial charge in [-0.1, -0.05) is 22.7 Å². The summed E-state index contributed by atoms with van der Waals surface area (Å²) < 4.78 is 0.775. The molecule has 4 rings (SSSR count). The molecule has 28 heavy (non-hydrogen) atoms. The molecule has 2 aromatic carbocycles. The molecule has 0 amide bonds. The van der Waals surface area contributed by atoms with Gasteiger partial charge in [-0.25, -0.2) is 0 Å². The van der Waals surface area contributed by atoms with Gasteiger partial charge in [0.05, 0.1) is 5.56 Å². The molecule has 140 valence electrons. The monoisotopic (exact) mass is 410 g/mol. The van der Waals surface area contributed by atoms with Crippen LogP contribution in [0, 0.1) is 0 Å². The van der Waals surface area contributed by atoms with Crippen molar-refractivity contribution in [2.45, 2.75) is 12.8 Å². The third-order valence-corrected chi connectivity index (χ3v) is 6.43. The minimum atomic E-state index is -0.359. The second-order valence-electron chi connectivity index (χ2n) is 6.37. The lowest BCUT2D eigenvalue weighted by molar-refractivity contribution is 0.0982. The Morgan fingerprint density at radius 2 is 1.36 bits per heavy atom. The van der Waals surface area contributed by atoms with Gasteiger partial charge in [0.2, 0.25) is 9.48 Å². The fourth-order valence-electron chi connectivity index (χ4n) is 2.99. The number of carbonyl (C=O) groups excluding carboxylic acids is 1. The molecular formula is C21H14O5S2. The molecule has 0 aliphatic heterocycles. The Morgan fingerprint density at radius 1 is 0.786 bits per heavy atom. The van der Waals surface area contributed by atoms with E-state index in [1.807, 2.05) is 0 Å². The molecule has 4 aromatic rings. The van der Waals surface area contributed by atoms with Crippen LogP contribution in [0.1, 0.15) is 22.3 Å². The molecule has 2 aromatic heterocycles. The smallest absolute Gasteiger partial charge is 0.243 e. The van der Waals surface area contributed by atoms with E-state index in [4.69, 9.17) is 0 Å². The average Bonchev–Trinajstić information content (AvgIpc) is 2.65. The molecule has 0 spiro atoms. The van der Waals surface area contributed by atoms with E-state index < -0.39 is 0 Å². The molecule has 0 aliphatic rings. The second-order valence-corrected chi connectivity index (χ2v) is 8.40. The van der Waals surface area contributed by atoms with Gasteiger partial charge in [0.15, 0.2) is 5.78 Å². The zero-order valence-corrected chi connectivity index (χ0v) is 16.1. The summed E-state index contributed by atoms with van der Waals surface area (Å²) in [4.78, 5) is 37.2.